The number of hydrogen-bond donors (Lipinski definition) is 2. The number of hydrogen-bond acceptors (Lipinski definition) is 5. The van der Waals surface area contributed by atoms with E-state index in [1.165, 1.54) is 21.8 Å². The fourth-order valence-electron chi connectivity index (χ4n) is 2.94. The first-order valence-corrected chi connectivity index (χ1v) is 11.0. The number of hydrazine groups is 1. The van der Waals surface area contributed by atoms with Gasteiger partial charge in [-0.15, -0.1) is 0 Å². The van der Waals surface area contributed by atoms with Gasteiger partial charge in [0.05, 0.1) is 16.1 Å². The maximum absolute atomic E-state index is 13.6. The van der Waals surface area contributed by atoms with Crippen molar-refractivity contribution in [2.45, 2.75) is 33.2 Å². The quantitative estimate of drug-likeness (QED) is 0.367. The Morgan fingerprint density at radius 2 is 1.91 bits per heavy atom. The molecule has 2 heterocycles. The lowest BCUT2D eigenvalue weighted by Gasteiger charge is -2.35. The zero-order chi connectivity index (χ0) is 23.8. The third kappa shape index (κ3) is 4.90. The second-order valence-corrected chi connectivity index (χ2v) is 9.67. The molecule has 0 unspecified atom stereocenters. The summed E-state index contributed by atoms with van der Waals surface area (Å²) < 4.78 is 1.72. The van der Waals surface area contributed by atoms with Gasteiger partial charge in [0.2, 0.25) is 0 Å². The number of aryl methyl sites for hydroxylation is 1. The van der Waals surface area contributed by atoms with Gasteiger partial charge < -0.3 is 5.73 Å². The Morgan fingerprint density at radius 3 is 2.53 bits per heavy atom. The van der Waals surface area contributed by atoms with E-state index in [2.05, 4.69) is 31.4 Å². The van der Waals surface area contributed by atoms with Crippen molar-refractivity contribution < 1.29 is 9.59 Å². The van der Waals surface area contributed by atoms with Crippen LogP contribution in [0, 0.1) is 6.92 Å². The van der Waals surface area contributed by atoms with E-state index in [1.54, 1.807) is 52.1 Å². The summed E-state index contributed by atoms with van der Waals surface area (Å²) in [5.41, 5.74) is 9.19. The number of nitrogen functional groups attached to an aromatic ring is 1. The molecule has 168 valence electrons. The first-order chi connectivity index (χ1) is 14.9. The summed E-state index contributed by atoms with van der Waals surface area (Å²) in [6, 6.07) is 7.95. The number of carbonyl (C=O) groups excluding carboxylic acids is 2. The highest BCUT2D eigenvalue weighted by Gasteiger charge is 2.33. The molecule has 1 aromatic carbocycles. The summed E-state index contributed by atoms with van der Waals surface area (Å²) in [6.07, 6.45) is 1.54. The van der Waals surface area contributed by atoms with E-state index in [4.69, 9.17) is 28.9 Å². The number of benzene rings is 1. The monoisotopic (exact) mass is 538 g/mol. The van der Waals surface area contributed by atoms with E-state index < -0.39 is 17.4 Å². The minimum atomic E-state index is -0.801. The van der Waals surface area contributed by atoms with Gasteiger partial charge in [0.15, 0.2) is 5.82 Å². The lowest BCUT2D eigenvalue weighted by atomic mass is 10.1. The van der Waals surface area contributed by atoms with Crippen LogP contribution in [0.15, 0.2) is 41.1 Å². The number of carbonyl (C=O) groups is 2. The van der Waals surface area contributed by atoms with Gasteiger partial charge in [-0.2, -0.15) is 5.10 Å². The van der Waals surface area contributed by atoms with Crippen LogP contribution in [0.25, 0.3) is 5.82 Å². The molecular weight excluding hydrogens is 519 g/mol. The van der Waals surface area contributed by atoms with Crippen molar-refractivity contribution >= 4 is 56.6 Å². The van der Waals surface area contributed by atoms with Gasteiger partial charge in [-0.05, 0) is 73.5 Å². The van der Waals surface area contributed by atoms with Crippen LogP contribution in [-0.4, -0.2) is 37.1 Å². The van der Waals surface area contributed by atoms with Crippen molar-refractivity contribution in [2.24, 2.45) is 0 Å². The van der Waals surface area contributed by atoms with Gasteiger partial charge >= 0.3 is 0 Å². The lowest BCUT2D eigenvalue weighted by molar-refractivity contribution is 0.0351. The fraction of sp³-hybridized carbons (Fsp3) is 0.238. The van der Waals surface area contributed by atoms with Gasteiger partial charge in [0.1, 0.15) is 10.3 Å². The minimum Gasteiger partial charge on any atom is -0.398 e. The average molecular weight is 540 g/mol. The largest absolute Gasteiger partial charge is 0.398 e. The van der Waals surface area contributed by atoms with Crippen LogP contribution in [0.1, 0.15) is 47.2 Å². The van der Waals surface area contributed by atoms with E-state index in [-0.39, 0.29) is 22.8 Å². The SMILES string of the molecule is Cc1cc(Cl)cc(C(=O)NN(C(=O)c2cc(Br)nn2-c2ncccc2Cl)C(C)(C)C)c1N. The van der Waals surface area contributed by atoms with Crippen LogP contribution >= 0.6 is 39.1 Å². The number of nitrogens with one attached hydrogen (secondary N) is 1. The number of amides is 2. The van der Waals surface area contributed by atoms with E-state index in [1.807, 2.05) is 0 Å². The average Bonchev–Trinajstić information content (AvgIpc) is 3.09. The molecule has 0 fully saturated rings. The van der Waals surface area contributed by atoms with Gasteiger partial charge in [0, 0.05) is 23.0 Å². The van der Waals surface area contributed by atoms with Gasteiger partial charge in [-0.25, -0.2) is 14.7 Å². The number of rotatable bonds is 3. The molecule has 0 aliphatic rings. The normalized spacial score (nSPS) is 11.3. The molecule has 2 aromatic heterocycles. The van der Waals surface area contributed by atoms with Crippen LogP contribution in [0.3, 0.4) is 0 Å². The summed E-state index contributed by atoms with van der Waals surface area (Å²) in [5.74, 6) is -0.821. The van der Waals surface area contributed by atoms with Gasteiger partial charge in [-0.1, -0.05) is 23.2 Å². The molecule has 3 aromatic rings. The Balaban J connectivity index is 2.03. The summed E-state index contributed by atoms with van der Waals surface area (Å²) in [6.45, 7) is 7.08. The second kappa shape index (κ2) is 9.09. The molecule has 3 rings (SSSR count). The summed E-state index contributed by atoms with van der Waals surface area (Å²) in [5, 5.41) is 6.17. The van der Waals surface area contributed by atoms with Gasteiger partial charge in [-0.3, -0.25) is 15.0 Å². The Kier molecular flexibility index (Phi) is 6.83. The molecule has 11 heteroatoms. The first-order valence-electron chi connectivity index (χ1n) is 9.47. The third-order valence-corrected chi connectivity index (χ3v) is 5.42. The summed E-state index contributed by atoms with van der Waals surface area (Å²) in [4.78, 5) is 30.9. The summed E-state index contributed by atoms with van der Waals surface area (Å²) >= 11 is 15.7. The Morgan fingerprint density at radius 1 is 1.22 bits per heavy atom. The number of nitrogens with two attached hydrogens (primary N) is 1. The molecule has 32 heavy (non-hydrogen) atoms. The highest BCUT2D eigenvalue weighted by molar-refractivity contribution is 9.10. The van der Waals surface area contributed by atoms with E-state index in [0.29, 0.717) is 20.2 Å². The Hall–Kier alpha value is -2.62. The standard InChI is InChI=1S/C21H21BrCl2N6O2/c1-11-8-12(23)9-13(17(11)25)19(31)28-30(21(2,3)4)20(32)15-10-16(22)27-29(15)18-14(24)6-5-7-26-18/h5-10H,25H2,1-4H3,(H,28,31). The van der Waals surface area contributed by atoms with Gasteiger partial charge in [0.25, 0.3) is 11.8 Å². The van der Waals surface area contributed by atoms with Crippen LogP contribution in [-0.2, 0) is 0 Å². The Bertz CT molecular complexity index is 1210. The van der Waals surface area contributed by atoms with Crippen LogP contribution < -0.4 is 11.2 Å². The number of nitrogens with zero attached hydrogens (tertiary/aromatic N) is 4. The zero-order valence-electron chi connectivity index (χ0n) is 17.8. The number of pyridine rings is 1. The molecule has 0 saturated carbocycles. The van der Waals surface area contributed by atoms with Crippen molar-refractivity contribution in [3.05, 3.63) is 68.0 Å². The molecule has 8 nitrogen and oxygen atoms in total. The molecule has 0 aliphatic heterocycles. The highest BCUT2D eigenvalue weighted by atomic mass is 79.9. The second-order valence-electron chi connectivity index (χ2n) is 8.01. The maximum Gasteiger partial charge on any atom is 0.291 e. The third-order valence-electron chi connectivity index (χ3n) is 4.52. The van der Waals surface area contributed by atoms with E-state index >= 15 is 0 Å². The molecule has 0 atom stereocenters. The molecule has 0 radical (unpaired) electrons. The molecule has 0 bridgehead atoms. The topological polar surface area (TPSA) is 106 Å². The molecule has 2 amide bonds. The first kappa shape index (κ1) is 24.0. The summed E-state index contributed by atoms with van der Waals surface area (Å²) in [7, 11) is 0. The molecule has 0 saturated heterocycles. The van der Waals surface area contributed by atoms with E-state index in [9.17, 15) is 9.59 Å². The maximum atomic E-state index is 13.6. The van der Waals surface area contributed by atoms with Crippen LogP contribution in [0.2, 0.25) is 10.0 Å². The van der Waals surface area contributed by atoms with Crippen molar-refractivity contribution in [3.63, 3.8) is 0 Å². The molecule has 0 aliphatic carbocycles. The van der Waals surface area contributed by atoms with Crippen LogP contribution in [0.4, 0.5) is 5.69 Å². The predicted molar refractivity (Wildman–Crippen MR) is 128 cm³/mol. The number of anilines is 1. The molecule has 0 spiro atoms. The smallest absolute Gasteiger partial charge is 0.291 e. The zero-order valence-corrected chi connectivity index (χ0v) is 20.9. The van der Waals surface area contributed by atoms with Crippen LogP contribution in [0.5, 0.6) is 0 Å². The number of halogens is 3. The highest BCUT2D eigenvalue weighted by Crippen LogP contribution is 2.26. The molecule has 3 N–H and O–H groups in total. The lowest BCUT2D eigenvalue weighted by Crippen LogP contribution is -2.56. The van der Waals surface area contributed by atoms with Crippen molar-refractivity contribution in [2.75, 3.05) is 5.73 Å². The fourth-order valence-corrected chi connectivity index (χ4v) is 3.79. The van der Waals surface area contributed by atoms with Crippen molar-refractivity contribution in [1.29, 1.82) is 0 Å². The molecular formula is C21H21BrCl2N6O2. The number of aromatic nitrogens is 3. The van der Waals surface area contributed by atoms with E-state index in [0.717, 1.165) is 0 Å². The Labute approximate surface area is 203 Å². The predicted octanol–water partition coefficient (Wildman–Crippen LogP) is 4.81. The van der Waals surface area contributed by atoms with Crippen molar-refractivity contribution in [3.8, 4) is 5.82 Å². The minimum absolute atomic E-state index is 0.142. The van der Waals surface area contributed by atoms with Crippen molar-refractivity contribution in [1.82, 2.24) is 25.2 Å².